The summed E-state index contributed by atoms with van der Waals surface area (Å²) in [4.78, 5) is 29.5. The number of benzene rings is 5. The van der Waals surface area contributed by atoms with Crippen molar-refractivity contribution in [1.29, 1.82) is 0 Å². The predicted octanol–water partition coefficient (Wildman–Crippen LogP) is 8.28. The monoisotopic (exact) mass is 577 g/mol. The van der Waals surface area contributed by atoms with E-state index < -0.39 is 11.9 Å². The van der Waals surface area contributed by atoms with E-state index in [4.69, 9.17) is 27.9 Å². The Morgan fingerprint density at radius 2 is 1.46 bits per heavy atom. The quantitative estimate of drug-likeness (QED) is 0.0903. The van der Waals surface area contributed by atoms with Gasteiger partial charge in [0.25, 0.3) is 5.91 Å². The number of nitrogens with zero attached hydrogens (tertiary/aromatic N) is 1. The highest BCUT2D eigenvalue weighted by Crippen LogP contribution is 2.39. The molecule has 6 aromatic rings. The van der Waals surface area contributed by atoms with Crippen molar-refractivity contribution >= 4 is 63.0 Å². The molecular weight excluding hydrogens is 557 g/mol. The maximum Gasteiger partial charge on any atom is 0.345 e. The molecule has 5 aromatic carbocycles. The van der Waals surface area contributed by atoms with Gasteiger partial charge in [-0.3, -0.25) is 4.79 Å². The number of hydrogen-bond acceptors (Lipinski definition) is 4. The number of halogens is 2. The number of aromatic nitrogens is 1. The molecule has 0 unspecified atom stereocenters. The van der Waals surface area contributed by atoms with Crippen molar-refractivity contribution in [3.8, 4) is 16.9 Å². The van der Waals surface area contributed by atoms with E-state index in [-0.39, 0.29) is 16.3 Å². The number of nitrogens with one attached hydrogen (secondary N) is 2. The van der Waals surface area contributed by atoms with Gasteiger partial charge in [-0.05, 0) is 35.7 Å². The van der Waals surface area contributed by atoms with E-state index in [1.165, 1.54) is 6.21 Å². The molecule has 0 saturated carbocycles. The fourth-order valence-electron chi connectivity index (χ4n) is 4.73. The smallest absolute Gasteiger partial charge is 0.345 e. The molecule has 0 aliphatic carbocycles. The van der Waals surface area contributed by atoms with Crippen LogP contribution in [0.1, 0.15) is 26.4 Å². The van der Waals surface area contributed by atoms with Crippen molar-refractivity contribution in [3.63, 3.8) is 0 Å². The molecule has 1 heterocycles. The van der Waals surface area contributed by atoms with Crippen LogP contribution >= 0.6 is 23.2 Å². The molecule has 0 radical (unpaired) electrons. The van der Waals surface area contributed by atoms with Crippen LogP contribution < -0.4 is 10.2 Å². The SMILES string of the molecule is O=C(Oc1ccccc1C=NNC(=O)c1[nH]c2c(ccc3ccccc32)c1-c1ccccc1Cl)c1ccccc1Cl. The number of rotatable bonds is 6. The number of amides is 1. The van der Waals surface area contributed by atoms with E-state index in [1.807, 2.05) is 54.6 Å². The highest BCUT2D eigenvalue weighted by atomic mass is 35.5. The number of carbonyl (C=O) groups excluding carboxylic acids is 2. The molecule has 0 fully saturated rings. The number of hydrazone groups is 1. The third kappa shape index (κ3) is 5.18. The Balaban J connectivity index is 1.32. The lowest BCUT2D eigenvalue weighted by Crippen LogP contribution is -2.19. The van der Waals surface area contributed by atoms with Gasteiger partial charge < -0.3 is 9.72 Å². The molecule has 8 heteroatoms. The van der Waals surface area contributed by atoms with Gasteiger partial charge in [0.2, 0.25) is 0 Å². The summed E-state index contributed by atoms with van der Waals surface area (Å²) in [5.41, 5.74) is 5.88. The highest BCUT2D eigenvalue weighted by Gasteiger charge is 2.22. The van der Waals surface area contributed by atoms with Crippen LogP contribution in [0.5, 0.6) is 5.75 Å². The van der Waals surface area contributed by atoms with Crippen LogP contribution in [0.2, 0.25) is 10.0 Å². The third-order valence-corrected chi connectivity index (χ3v) is 7.31. The Bertz CT molecular complexity index is 1980. The number of fused-ring (bicyclic) bond motifs is 3. The lowest BCUT2D eigenvalue weighted by molar-refractivity contribution is 0.0734. The molecule has 2 N–H and O–H groups in total. The second kappa shape index (κ2) is 11.3. The van der Waals surface area contributed by atoms with Crippen LogP contribution in [0.3, 0.4) is 0 Å². The van der Waals surface area contributed by atoms with Crippen LogP contribution in [0.4, 0.5) is 0 Å². The molecule has 41 heavy (non-hydrogen) atoms. The van der Waals surface area contributed by atoms with Crippen LogP contribution in [0.15, 0.2) is 114 Å². The van der Waals surface area contributed by atoms with E-state index in [9.17, 15) is 9.59 Å². The topological polar surface area (TPSA) is 83.5 Å². The lowest BCUT2D eigenvalue weighted by Gasteiger charge is -2.08. The molecule has 1 aromatic heterocycles. The molecule has 0 atom stereocenters. The molecule has 0 spiro atoms. The molecule has 0 aliphatic rings. The van der Waals surface area contributed by atoms with Gasteiger partial charge in [-0.25, -0.2) is 10.2 Å². The summed E-state index contributed by atoms with van der Waals surface area (Å²) in [7, 11) is 0. The number of H-pyrrole nitrogens is 1. The van der Waals surface area contributed by atoms with E-state index in [2.05, 4.69) is 15.5 Å². The molecular formula is C33H21Cl2N3O3. The lowest BCUT2D eigenvalue weighted by atomic mass is 9.99. The summed E-state index contributed by atoms with van der Waals surface area (Å²) in [5, 5.41) is 7.87. The first-order chi connectivity index (χ1) is 20.0. The minimum atomic E-state index is -0.602. The zero-order valence-electron chi connectivity index (χ0n) is 21.4. The van der Waals surface area contributed by atoms with Gasteiger partial charge in [-0.15, -0.1) is 0 Å². The molecule has 6 nitrogen and oxygen atoms in total. The van der Waals surface area contributed by atoms with Crippen molar-refractivity contribution in [2.45, 2.75) is 0 Å². The fraction of sp³-hybridized carbons (Fsp3) is 0. The molecule has 0 bridgehead atoms. The van der Waals surface area contributed by atoms with Gasteiger partial charge in [0.1, 0.15) is 11.4 Å². The van der Waals surface area contributed by atoms with E-state index in [0.29, 0.717) is 21.8 Å². The molecule has 1 amide bonds. The van der Waals surface area contributed by atoms with Gasteiger partial charge in [-0.2, -0.15) is 5.10 Å². The van der Waals surface area contributed by atoms with Gasteiger partial charge in [0.15, 0.2) is 0 Å². The second-order valence-corrected chi connectivity index (χ2v) is 9.98. The van der Waals surface area contributed by atoms with Crippen LogP contribution in [0.25, 0.3) is 32.8 Å². The predicted molar refractivity (Wildman–Crippen MR) is 164 cm³/mol. The number of hydrogen-bond donors (Lipinski definition) is 2. The van der Waals surface area contributed by atoms with Crippen molar-refractivity contribution in [1.82, 2.24) is 10.4 Å². The summed E-state index contributed by atoms with van der Waals surface area (Å²) >= 11 is 12.7. The summed E-state index contributed by atoms with van der Waals surface area (Å²) in [6.45, 7) is 0. The van der Waals surface area contributed by atoms with E-state index >= 15 is 0 Å². The average molecular weight is 578 g/mol. The van der Waals surface area contributed by atoms with Crippen LogP contribution in [0, 0.1) is 0 Å². The van der Waals surface area contributed by atoms with Crippen LogP contribution in [-0.4, -0.2) is 23.1 Å². The zero-order valence-corrected chi connectivity index (χ0v) is 22.9. The Labute approximate surface area is 245 Å². The third-order valence-electron chi connectivity index (χ3n) is 6.65. The first-order valence-electron chi connectivity index (χ1n) is 12.7. The van der Waals surface area contributed by atoms with Crippen molar-refractivity contribution in [2.24, 2.45) is 5.10 Å². The molecule has 0 saturated heterocycles. The maximum absolute atomic E-state index is 13.5. The van der Waals surface area contributed by atoms with E-state index in [1.54, 1.807) is 54.6 Å². The van der Waals surface area contributed by atoms with Crippen LogP contribution in [-0.2, 0) is 0 Å². The minimum Gasteiger partial charge on any atom is -0.422 e. The first kappa shape index (κ1) is 26.3. The van der Waals surface area contributed by atoms with Gasteiger partial charge in [-0.1, -0.05) is 102 Å². The number of carbonyl (C=O) groups is 2. The van der Waals surface area contributed by atoms with Gasteiger partial charge in [0.05, 0.1) is 22.3 Å². The zero-order chi connectivity index (χ0) is 28.3. The molecule has 200 valence electrons. The van der Waals surface area contributed by atoms with Crippen molar-refractivity contribution in [2.75, 3.05) is 0 Å². The first-order valence-corrected chi connectivity index (χ1v) is 13.4. The van der Waals surface area contributed by atoms with Crippen molar-refractivity contribution in [3.05, 3.63) is 136 Å². The summed E-state index contributed by atoms with van der Waals surface area (Å²) in [5.74, 6) is -0.790. The standard InChI is InChI=1S/C33H21Cl2N3O3/c34-26-14-6-4-12-23(26)29-25-18-17-20-9-1-3-11-22(20)30(25)37-31(29)32(39)38-36-19-21-10-2-8-16-28(21)41-33(40)24-13-5-7-15-27(24)35/h1-19,37H,(H,38,39). The van der Waals surface area contributed by atoms with Crippen molar-refractivity contribution < 1.29 is 14.3 Å². The Morgan fingerprint density at radius 3 is 2.29 bits per heavy atom. The Kier molecular flexibility index (Phi) is 7.25. The largest absolute Gasteiger partial charge is 0.422 e. The maximum atomic E-state index is 13.5. The molecule has 6 rings (SSSR count). The van der Waals surface area contributed by atoms with Gasteiger partial charge >= 0.3 is 5.97 Å². The van der Waals surface area contributed by atoms with E-state index in [0.717, 1.165) is 27.2 Å². The average Bonchev–Trinajstić information content (AvgIpc) is 3.38. The Morgan fingerprint density at radius 1 is 0.756 bits per heavy atom. The summed E-state index contributed by atoms with van der Waals surface area (Å²) in [6, 6.07) is 32.8. The molecule has 0 aliphatic heterocycles. The van der Waals surface area contributed by atoms with Gasteiger partial charge in [0, 0.05) is 32.5 Å². The Hall–Kier alpha value is -4.91. The summed E-state index contributed by atoms with van der Waals surface area (Å²) < 4.78 is 5.58. The number of esters is 1. The summed E-state index contributed by atoms with van der Waals surface area (Å²) in [6.07, 6.45) is 1.42. The minimum absolute atomic E-state index is 0.243. The second-order valence-electron chi connectivity index (χ2n) is 9.17. The number of para-hydroxylation sites is 1. The highest BCUT2D eigenvalue weighted by molar-refractivity contribution is 6.34. The number of ether oxygens (including phenoxy) is 1. The number of aromatic amines is 1. The fourth-order valence-corrected chi connectivity index (χ4v) is 5.17. The normalized spacial score (nSPS) is 11.3.